The maximum atomic E-state index is 12.4. The molecule has 0 radical (unpaired) electrons. The van der Waals surface area contributed by atoms with Crippen molar-refractivity contribution in [2.24, 2.45) is 0 Å². The molecule has 2 aliphatic rings. The number of benzene rings is 2. The van der Waals surface area contributed by atoms with Gasteiger partial charge in [0.15, 0.2) is 0 Å². The molecule has 1 aliphatic heterocycles. The van der Waals surface area contributed by atoms with Crippen LogP contribution in [0.3, 0.4) is 0 Å². The number of likely N-dealkylation sites (tertiary alicyclic amines) is 1. The molecule has 1 fully saturated rings. The van der Waals surface area contributed by atoms with E-state index >= 15 is 0 Å². The van der Waals surface area contributed by atoms with Gasteiger partial charge in [0.05, 0.1) is 6.10 Å². The first-order valence-electron chi connectivity index (χ1n) is 11.2. The minimum absolute atomic E-state index is 0.0178. The third kappa shape index (κ3) is 4.85. The van der Waals surface area contributed by atoms with Crippen LogP contribution in [0.4, 0.5) is 4.79 Å². The van der Waals surface area contributed by atoms with E-state index in [0.29, 0.717) is 6.42 Å². The molecule has 174 valence electrons. The number of nitrogens with one attached hydrogen (secondary N) is 1. The minimum Gasteiger partial charge on any atom is -0.480 e. The van der Waals surface area contributed by atoms with Crippen LogP contribution in [0.1, 0.15) is 43.2 Å². The van der Waals surface area contributed by atoms with Crippen molar-refractivity contribution < 1.29 is 29.3 Å². The zero-order chi connectivity index (χ0) is 23.5. The predicted octanol–water partition coefficient (Wildman–Crippen LogP) is 2.74. The van der Waals surface area contributed by atoms with Crippen LogP contribution >= 0.6 is 0 Å². The second-order valence-electron chi connectivity index (χ2n) is 8.70. The van der Waals surface area contributed by atoms with Crippen LogP contribution in [0.25, 0.3) is 11.1 Å². The number of alkyl carbamates (subject to hydrolysis) is 1. The fraction of sp³-hybridized carbons (Fsp3) is 0.400. The topological polar surface area (TPSA) is 116 Å². The zero-order valence-corrected chi connectivity index (χ0v) is 18.4. The van der Waals surface area contributed by atoms with Gasteiger partial charge in [0.25, 0.3) is 0 Å². The highest BCUT2D eigenvalue weighted by Gasteiger charge is 2.38. The molecular weight excluding hydrogens is 424 g/mol. The first-order chi connectivity index (χ1) is 15.8. The van der Waals surface area contributed by atoms with E-state index in [-0.39, 0.29) is 43.9 Å². The second kappa shape index (κ2) is 9.62. The number of carboxylic acids is 1. The van der Waals surface area contributed by atoms with Crippen molar-refractivity contribution in [1.29, 1.82) is 0 Å². The van der Waals surface area contributed by atoms with E-state index in [1.54, 1.807) is 6.92 Å². The monoisotopic (exact) mass is 452 g/mol. The summed E-state index contributed by atoms with van der Waals surface area (Å²) in [5, 5.41) is 21.7. The normalized spacial score (nSPS) is 20.1. The highest BCUT2D eigenvalue weighted by molar-refractivity contribution is 5.84. The number of β-amino-alcohol motifs (C(OH)–C–C–N with tert-alkyl or cyclic N) is 1. The van der Waals surface area contributed by atoms with Gasteiger partial charge < -0.3 is 25.2 Å². The fourth-order valence-corrected chi connectivity index (χ4v) is 4.72. The summed E-state index contributed by atoms with van der Waals surface area (Å²) >= 11 is 0. The Morgan fingerprint density at radius 2 is 1.70 bits per heavy atom. The Morgan fingerprint density at radius 3 is 2.30 bits per heavy atom. The standard InChI is InChI=1S/C25H28N2O6/c1-15(10-11-23(29)27-13-16(28)12-22(27)24(30)31)26-25(32)33-14-21-19-8-4-2-6-17(19)18-7-3-5-9-20(18)21/h2-9,15-16,21-22,28H,10-14H2,1H3,(H,26,32)(H,30,31)/t15?,16-,22-/m0/s1. The van der Waals surface area contributed by atoms with Crippen LogP contribution in [0.5, 0.6) is 0 Å². The van der Waals surface area contributed by atoms with Gasteiger partial charge in [-0.1, -0.05) is 48.5 Å². The third-order valence-electron chi connectivity index (χ3n) is 6.38. The van der Waals surface area contributed by atoms with E-state index in [4.69, 9.17) is 4.74 Å². The Balaban J connectivity index is 1.27. The Kier molecular flexibility index (Phi) is 6.65. The molecule has 4 rings (SSSR count). The van der Waals surface area contributed by atoms with Crippen molar-refractivity contribution in [3.63, 3.8) is 0 Å². The highest BCUT2D eigenvalue weighted by atomic mass is 16.5. The van der Waals surface area contributed by atoms with Gasteiger partial charge in [0.1, 0.15) is 12.6 Å². The van der Waals surface area contributed by atoms with Gasteiger partial charge in [-0.15, -0.1) is 0 Å². The SMILES string of the molecule is CC(CCC(=O)N1C[C@@H](O)C[C@H]1C(=O)O)NC(=O)OCC1c2ccccc2-c2ccccc21. The summed E-state index contributed by atoms with van der Waals surface area (Å²) in [7, 11) is 0. The molecule has 1 aliphatic carbocycles. The first kappa shape index (κ1) is 22.8. The highest BCUT2D eigenvalue weighted by Crippen LogP contribution is 2.44. The number of aliphatic hydroxyl groups excluding tert-OH is 1. The second-order valence-corrected chi connectivity index (χ2v) is 8.70. The smallest absolute Gasteiger partial charge is 0.407 e. The average Bonchev–Trinajstić information content (AvgIpc) is 3.34. The number of carbonyl (C=O) groups excluding carboxylic acids is 2. The summed E-state index contributed by atoms with van der Waals surface area (Å²) in [5.74, 6) is -1.50. The van der Waals surface area contributed by atoms with Gasteiger partial charge >= 0.3 is 12.1 Å². The third-order valence-corrected chi connectivity index (χ3v) is 6.38. The summed E-state index contributed by atoms with van der Waals surface area (Å²) in [6, 6.07) is 14.9. The number of fused-ring (bicyclic) bond motifs is 3. The van der Waals surface area contributed by atoms with Crippen molar-refractivity contribution in [1.82, 2.24) is 10.2 Å². The molecule has 1 unspecified atom stereocenters. The van der Waals surface area contributed by atoms with Crippen LogP contribution in [0.2, 0.25) is 0 Å². The molecule has 8 heteroatoms. The lowest BCUT2D eigenvalue weighted by atomic mass is 9.98. The summed E-state index contributed by atoms with van der Waals surface area (Å²) < 4.78 is 5.52. The fourth-order valence-electron chi connectivity index (χ4n) is 4.72. The molecule has 3 atom stereocenters. The Morgan fingerprint density at radius 1 is 1.09 bits per heavy atom. The summed E-state index contributed by atoms with van der Waals surface area (Å²) in [5.41, 5.74) is 4.57. The first-order valence-corrected chi connectivity index (χ1v) is 11.2. The summed E-state index contributed by atoms with van der Waals surface area (Å²) in [4.78, 5) is 37.3. The van der Waals surface area contributed by atoms with Crippen LogP contribution in [-0.4, -0.2) is 64.4 Å². The van der Waals surface area contributed by atoms with Gasteiger partial charge in [-0.3, -0.25) is 4.79 Å². The van der Waals surface area contributed by atoms with Gasteiger partial charge in [-0.05, 0) is 35.6 Å². The lowest BCUT2D eigenvalue weighted by molar-refractivity contribution is -0.148. The molecule has 0 saturated carbocycles. The van der Waals surface area contributed by atoms with Crippen LogP contribution in [-0.2, 0) is 14.3 Å². The van der Waals surface area contributed by atoms with Crippen molar-refractivity contribution in [2.45, 2.75) is 50.3 Å². The molecule has 8 nitrogen and oxygen atoms in total. The molecule has 2 amide bonds. The molecule has 1 heterocycles. The number of aliphatic hydroxyl groups is 1. The minimum atomic E-state index is -1.12. The van der Waals surface area contributed by atoms with E-state index in [1.807, 2.05) is 24.3 Å². The Hall–Kier alpha value is -3.39. The lowest BCUT2D eigenvalue weighted by Gasteiger charge is -2.22. The lowest BCUT2D eigenvalue weighted by Crippen LogP contribution is -2.41. The van der Waals surface area contributed by atoms with E-state index in [9.17, 15) is 24.6 Å². The number of rotatable bonds is 7. The quantitative estimate of drug-likeness (QED) is 0.595. The molecule has 2 aromatic rings. The van der Waals surface area contributed by atoms with Crippen molar-refractivity contribution in [3.8, 4) is 11.1 Å². The molecule has 2 aromatic carbocycles. The van der Waals surface area contributed by atoms with E-state index < -0.39 is 24.2 Å². The van der Waals surface area contributed by atoms with E-state index in [2.05, 4.69) is 29.6 Å². The van der Waals surface area contributed by atoms with Crippen LogP contribution in [0.15, 0.2) is 48.5 Å². The number of hydrogen-bond donors (Lipinski definition) is 3. The van der Waals surface area contributed by atoms with Gasteiger partial charge in [-0.25, -0.2) is 9.59 Å². The molecule has 3 N–H and O–H groups in total. The summed E-state index contributed by atoms with van der Waals surface area (Å²) in [6.45, 7) is 1.99. The number of carboxylic acid groups (broad SMARTS) is 1. The number of aliphatic carboxylic acids is 1. The van der Waals surface area contributed by atoms with Gasteiger partial charge in [0.2, 0.25) is 5.91 Å². The number of hydrogen-bond acceptors (Lipinski definition) is 5. The van der Waals surface area contributed by atoms with Crippen molar-refractivity contribution in [2.75, 3.05) is 13.2 Å². The molecule has 0 bridgehead atoms. The van der Waals surface area contributed by atoms with Crippen LogP contribution < -0.4 is 5.32 Å². The van der Waals surface area contributed by atoms with E-state index in [1.165, 1.54) is 4.90 Å². The maximum absolute atomic E-state index is 12.4. The zero-order valence-electron chi connectivity index (χ0n) is 18.4. The Bertz CT molecular complexity index is 1010. The van der Waals surface area contributed by atoms with Gasteiger partial charge in [-0.2, -0.15) is 0 Å². The molecule has 33 heavy (non-hydrogen) atoms. The molecular formula is C25H28N2O6. The number of ether oxygens (including phenoxy) is 1. The largest absolute Gasteiger partial charge is 0.480 e. The van der Waals surface area contributed by atoms with Crippen molar-refractivity contribution in [3.05, 3.63) is 59.7 Å². The molecule has 1 saturated heterocycles. The molecule has 0 spiro atoms. The number of carbonyl (C=O) groups is 3. The van der Waals surface area contributed by atoms with E-state index in [0.717, 1.165) is 22.3 Å². The maximum Gasteiger partial charge on any atom is 0.407 e. The van der Waals surface area contributed by atoms with Crippen LogP contribution in [0, 0.1) is 0 Å². The predicted molar refractivity (Wildman–Crippen MR) is 121 cm³/mol. The number of nitrogens with zero attached hydrogens (tertiary/aromatic N) is 1. The Labute approximate surface area is 192 Å². The number of amides is 2. The molecule has 0 aromatic heterocycles. The van der Waals surface area contributed by atoms with Gasteiger partial charge in [0, 0.05) is 31.3 Å². The summed E-state index contributed by atoms with van der Waals surface area (Å²) in [6.07, 6.45) is -0.944. The average molecular weight is 453 g/mol. The van der Waals surface area contributed by atoms with Crippen molar-refractivity contribution >= 4 is 18.0 Å².